The van der Waals surface area contributed by atoms with Crippen LogP contribution >= 0.6 is 11.8 Å². The molecular weight excluding hydrogens is 194 g/mol. The van der Waals surface area contributed by atoms with Gasteiger partial charge in [-0.25, -0.2) is 0 Å². The molecule has 2 N–H and O–H groups in total. The Morgan fingerprint density at radius 3 is 2.71 bits per heavy atom. The predicted octanol–water partition coefficient (Wildman–Crippen LogP) is 2.48. The van der Waals surface area contributed by atoms with Crippen molar-refractivity contribution in [3.8, 4) is 5.75 Å². The summed E-state index contributed by atoms with van der Waals surface area (Å²) in [7, 11) is 1.70. The van der Waals surface area contributed by atoms with Crippen molar-refractivity contribution in [1.29, 1.82) is 0 Å². The van der Waals surface area contributed by atoms with E-state index in [0.29, 0.717) is 12.5 Å². The van der Waals surface area contributed by atoms with E-state index in [-0.39, 0.29) is 0 Å². The Kier molecular flexibility index (Phi) is 4.29. The highest BCUT2D eigenvalue weighted by Crippen LogP contribution is 2.30. The molecule has 78 valence electrons. The highest BCUT2D eigenvalue weighted by molar-refractivity contribution is 7.98. The molecule has 0 aliphatic carbocycles. The first-order valence-electron chi connectivity index (χ1n) is 4.65. The second kappa shape index (κ2) is 5.27. The van der Waals surface area contributed by atoms with Gasteiger partial charge >= 0.3 is 0 Å². The fraction of sp³-hybridized carbons (Fsp3) is 0.455. The molecule has 1 aromatic carbocycles. The summed E-state index contributed by atoms with van der Waals surface area (Å²) in [6.45, 7) is 2.79. The molecular formula is C11H17NOS. The smallest absolute Gasteiger partial charge is 0.132 e. The van der Waals surface area contributed by atoms with Crippen molar-refractivity contribution >= 4 is 11.8 Å². The summed E-state index contributed by atoms with van der Waals surface area (Å²) < 4.78 is 5.31. The van der Waals surface area contributed by atoms with Gasteiger partial charge in [-0.3, -0.25) is 0 Å². The van der Waals surface area contributed by atoms with Crippen molar-refractivity contribution in [1.82, 2.24) is 0 Å². The zero-order valence-electron chi connectivity index (χ0n) is 8.91. The summed E-state index contributed by atoms with van der Waals surface area (Å²) in [5.74, 6) is 1.33. The van der Waals surface area contributed by atoms with Crippen molar-refractivity contribution in [2.45, 2.75) is 17.7 Å². The first-order chi connectivity index (χ1) is 6.72. The Morgan fingerprint density at radius 1 is 1.50 bits per heavy atom. The van der Waals surface area contributed by atoms with Crippen LogP contribution in [-0.4, -0.2) is 19.9 Å². The molecule has 0 aromatic heterocycles. The predicted molar refractivity (Wildman–Crippen MR) is 62.2 cm³/mol. The highest BCUT2D eigenvalue weighted by atomic mass is 32.2. The molecule has 0 spiro atoms. The molecule has 0 aliphatic heterocycles. The van der Waals surface area contributed by atoms with Gasteiger partial charge in [0.1, 0.15) is 5.75 Å². The lowest BCUT2D eigenvalue weighted by atomic mass is 10.0. The van der Waals surface area contributed by atoms with Crippen LogP contribution in [0.2, 0.25) is 0 Å². The minimum atomic E-state index is 0.389. The summed E-state index contributed by atoms with van der Waals surface area (Å²) >= 11 is 1.69. The molecule has 0 radical (unpaired) electrons. The number of thioether (sulfide) groups is 1. The summed E-state index contributed by atoms with van der Waals surface area (Å²) in [5.41, 5.74) is 6.86. The molecule has 1 rings (SSSR count). The van der Waals surface area contributed by atoms with Gasteiger partial charge in [0, 0.05) is 4.90 Å². The van der Waals surface area contributed by atoms with E-state index in [1.807, 2.05) is 6.26 Å². The summed E-state index contributed by atoms with van der Waals surface area (Å²) in [5, 5.41) is 0. The number of ether oxygens (including phenoxy) is 1. The average molecular weight is 211 g/mol. The summed E-state index contributed by atoms with van der Waals surface area (Å²) in [6.07, 6.45) is 2.05. The van der Waals surface area contributed by atoms with Crippen molar-refractivity contribution in [3.05, 3.63) is 23.8 Å². The largest absolute Gasteiger partial charge is 0.496 e. The van der Waals surface area contributed by atoms with Crippen LogP contribution < -0.4 is 10.5 Å². The van der Waals surface area contributed by atoms with E-state index in [1.54, 1.807) is 18.9 Å². The normalized spacial score (nSPS) is 12.6. The molecule has 1 atom stereocenters. The molecule has 0 aliphatic rings. The van der Waals surface area contributed by atoms with E-state index >= 15 is 0 Å². The Balaban J connectivity index is 3.01. The van der Waals surface area contributed by atoms with Crippen LogP contribution in [0.1, 0.15) is 18.4 Å². The maximum atomic E-state index is 5.62. The van der Waals surface area contributed by atoms with Crippen LogP contribution in [0.15, 0.2) is 23.1 Å². The Bertz CT molecular complexity index is 301. The van der Waals surface area contributed by atoms with Crippen molar-refractivity contribution in [2.24, 2.45) is 5.73 Å². The average Bonchev–Trinajstić information content (AvgIpc) is 2.26. The van der Waals surface area contributed by atoms with Gasteiger partial charge in [-0.1, -0.05) is 13.0 Å². The molecule has 1 unspecified atom stereocenters. The topological polar surface area (TPSA) is 35.2 Å². The molecule has 0 heterocycles. The third-order valence-electron chi connectivity index (χ3n) is 2.33. The van der Waals surface area contributed by atoms with Gasteiger partial charge in [-0.15, -0.1) is 11.8 Å². The van der Waals surface area contributed by atoms with Crippen molar-refractivity contribution < 1.29 is 4.74 Å². The minimum Gasteiger partial charge on any atom is -0.496 e. The zero-order chi connectivity index (χ0) is 10.6. The van der Waals surface area contributed by atoms with E-state index in [0.717, 1.165) is 5.75 Å². The Hall–Kier alpha value is -0.670. The summed E-state index contributed by atoms with van der Waals surface area (Å²) in [6, 6.07) is 6.28. The van der Waals surface area contributed by atoms with Crippen LogP contribution in [0.25, 0.3) is 0 Å². The molecule has 1 aromatic rings. The van der Waals surface area contributed by atoms with Gasteiger partial charge < -0.3 is 10.5 Å². The highest BCUT2D eigenvalue weighted by Gasteiger charge is 2.07. The second-order valence-corrected chi connectivity index (χ2v) is 4.10. The van der Waals surface area contributed by atoms with Crippen LogP contribution in [0.4, 0.5) is 0 Å². The number of benzene rings is 1. The lowest BCUT2D eigenvalue weighted by Crippen LogP contribution is -2.08. The number of hydrogen-bond acceptors (Lipinski definition) is 3. The number of nitrogens with two attached hydrogens (primary N) is 1. The molecule has 0 saturated heterocycles. The fourth-order valence-electron chi connectivity index (χ4n) is 1.30. The quantitative estimate of drug-likeness (QED) is 0.777. The van der Waals surface area contributed by atoms with Gasteiger partial charge in [-0.05, 0) is 36.4 Å². The first-order valence-corrected chi connectivity index (χ1v) is 5.87. The second-order valence-electron chi connectivity index (χ2n) is 3.25. The molecule has 2 nitrogen and oxygen atoms in total. The van der Waals surface area contributed by atoms with E-state index in [9.17, 15) is 0 Å². The SMILES string of the molecule is COc1cc(C(C)CN)ccc1SC. The van der Waals surface area contributed by atoms with Crippen molar-refractivity contribution in [2.75, 3.05) is 19.9 Å². The number of methoxy groups -OCH3 is 1. The molecule has 0 bridgehead atoms. The molecule has 0 saturated carbocycles. The van der Waals surface area contributed by atoms with Crippen molar-refractivity contribution in [3.63, 3.8) is 0 Å². The lowest BCUT2D eigenvalue weighted by molar-refractivity contribution is 0.404. The third-order valence-corrected chi connectivity index (χ3v) is 3.11. The van der Waals surface area contributed by atoms with Gasteiger partial charge in [-0.2, -0.15) is 0 Å². The van der Waals surface area contributed by atoms with Crippen LogP contribution in [0.3, 0.4) is 0 Å². The van der Waals surface area contributed by atoms with Gasteiger partial charge in [0.2, 0.25) is 0 Å². The Morgan fingerprint density at radius 2 is 2.21 bits per heavy atom. The monoisotopic (exact) mass is 211 g/mol. The van der Waals surface area contributed by atoms with Crippen LogP contribution in [-0.2, 0) is 0 Å². The fourth-order valence-corrected chi connectivity index (χ4v) is 1.84. The summed E-state index contributed by atoms with van der Waals surface area (Å²) in [4.78, 5) is 1.17. The standard InChI is InChI=1S/C11H17NOS/c1-8(7-12)9-4-5-11(14-3)10(6-9)13-2/h4-6,8H,7,12H2,1-3H3. The van der Waals surface area contributed by atoms with Crippen LogP contribution in [0, 0.1) is 0 Å². The first kappa shape index (κ1) is 11.4. The van der Waals surface area contributed by atoms with Crippen LogP contribution in [0.5, 0.6) is 5.75 Å². The number of hydrogen-bond donors (Lipinski definition) is 1. The third kappa shape index (κ3) is 2.42. The van der Waals surface area contributed by atoms with Gasteiger partial charge in [0.25, 0.3) is 0 Å². The van der Waals surface area contributed by atoms with E-state index in [4.69, 9.17) is 10.5 Å². The maximum absolute atomic E-state index is 5.62. The molecule has 0 fully saturated rings. The number of rotatable bonds is 4. The zero-order valence-corrected chi connectivity index (χ0v) is 9.73. The van der Waals surface area contributed by atoms with E-state index < -0.39 is 0 Å². The van der Waals surface area contributed by atoms with E-state index in [1.165, 1.54) is 10.5 Å². The lowest BCUT2D eigenvalue weighted by Gasteiger charge is -2.12. The molecule has 0 amide bonds. The Labute approximate surface area is 89.8 Å². The van der Waals surface area contributed by atoms with E-state index in [2.05, 4.69) is 25.1 Å². The molecule has 3 heteroatoms. The maximum Gasteiger partial charge on any atom is 0.132 e. The van der Waals surface area contributed by atoms with Gasteiger partial charge in [0.05, 0.1) is 7.11 Å². The van der Waals surface area contributed by atoms with Gasteiger partial charge in [0.15, 0.2) is 0 Å². The minimum absolute atomic E-state index is 0.389. The molecule has 14 heavy (non-hydrogen) atoms.